The van der Waals surface area contributed by atoms with Gasteiger partial charge in [-0.3, -0.25) is 4.99 Å². The number of nitrogens with zero attached hydrogens (tertiary/aromatic N) is 1. The quantitative estimate of drug-likeness (QED) is 0.538. The van der Waals surface area contributed by atoms with Gasteiger partial charge in [0.2, 0.25) is 0 Å². The second kappa shape index (κ2) is 2.06. The summed E-state index contributed by atoms with van der Waals surface area (Å²) in [7, 11) is 0. The zero-order chi connectivity index (χ0) is 6.10. The molecule has 0 saturated heterocycles. The van der Waals surface area contributed by atoms with Crippen LogP contribution in [0.25, 0.3) is 0 Å². The molecule has 48 valence electrons. The third-order valence-electron chi connectivity index (χ3n) is 1.59. The van der Waals surface area contributed by atoms with Crippen LogP contribution in [0.2, 0.25) is 0 Å². The molecule has 3 heteroatoms. The highest BCUT2D eigenvalue weighted by atomic mass is 32.2. The Kier molecular flexibility index (Phi) is 1.23. The van der Waals surface area contributed by atoms with E-state index in [0.29, 0.717) is 11.3 Å². The number of aliphatic imine (C=N–C) groups is 1. The molecule has 0 amide bonds. The van der Waals surface area contributed by atoms with Gasteiger partial charge in [0.1, 0.15) is 0 Å². The Bertz CT molecular complexity index is 164. The highest BCUT2D eigenvalue weighted by molar-refractivity contribution is 8.03. The summed E-state index contributed by atoms with van der Waals surface area (Å²) in [6.07, 6.45) is 4.03. The smallest absolute Gasteiger partial charge is 0.0851 e. The van der Waals surface area contributed by atoms with Crippen LogP contribution in [0, 0.1) is 5.92 Å². The number of thioether (sulfide) groups is 1. The number of rotatable bonds is 0. The molecule has 2 rings (SSSR count). The van der Waals surface area contributed by atoms with Gasteiger partial charge in [-0.05, 0) is 5.41 Å². The van der Waals surface area contributed by atoms with Crippen LogP contribution in [0.1, 0.15) is 0 Å². The lowest BCUT2D eigenvalue weighted by Gasteiger charge is -2.20. The maximum absolute atomic E-state index is 4.12. The zero-order valence-electron chi connectivity index (χ0n) is 4.95. The minimum absolute atomic E-state index is 0.572. The van der Waals surface area contributed by atoms with Crippen molar-refractivity contribution in [3.63, 3.8) is 0 Å². The van der Waals surface area contributed by atoms with Gasteiger partial charge >= 0.3 is 0 Å². The third-order valence-corrected chi connectivity index (χ3v) is 2.68. The number of fused-ring (bicyclic) bond motifs is 1. The molecule has 2 aliphatic rings. The van der Waals surface area contributed by atoms with E-state index in [9.17, 15) is 0 Å². The summed E-state index contributed by atoms with van der Waals surface area (Å²) in [5, 5.41) is 5.91. The lowest BCUT2D eigenvalue weighted by Crippen LogP contribution is -2.34. The fourth-order valence-electron chi connectivity index (χ4n) is 1.05. The topological polar surface area (TPSA) is 24.4 Å². The van der Waals surface area contributed by atoms with E-state index in [4.69, 9.17) is 0 Å². The lowest BCUT2D eigenvalue weighted by atomic mass is 10.1. The van der Waals surface area contributed by atoms with Crippen LogP contribution in [0.5, 0.6) is 0 Å². The first-order valence-corrected chi connectivity index (χ1v) is 3.97. The molecule has 0 aromatic heterocycles. The van der Waals surface area contributed by atoms with E-state index in [2.05, 4.69) is 21.8 Å². The van der Waals surface area contributed by atoms with Crippen LogP contribution < -0.4 is 5.32 Å². The predicted molar refractivity (Wildman–Crippen MR) is 40.5 cm³/mol. The van der Waals surface area contributed by atoms with Gasteiger partial charge < -0.3 is 5.32 Å². The highest BCUT2D eigenvalue weighted by Gasteiger charge is 2.23. The first-order valence-electron chi connectivity index (χ1n) is 3.03. The van der Waals surface area contributed by atoms with Crippen molar-refractivity contribution in [2.24, 2.45) is 10.9 Å². The Balaban J connectivity index is 2.13. The average Bonchev–Trinajstić information content (AvgIpc) is 2.33. The van der Waals surface area contributed by atoms with Gasteiger partial charge in [0, 0.05) is 12.5 Å². The molecule has 2 nitrogen and oxygen atoms in total. The predicted octanol–water partition coefficient (Wildman–Crippen LogP) is 0.821. The summed E-state index contributed by atoms with van der Waals surface area (Å²) in [6, 6.07) is 0. The minimum Gasteiger partial charge on any atom is -0.364 e. The summed E-state index contributed by atoms with van der Waals surface area (Å²) in [5.41, 5.74) is 0. The molecule has 2 unspecified atom stereocenters. The van der Waals surface area contributed by atoms with E-state index >= 15 is 0 Å². The minimum atomic E-state index is 0.572. The van der Waals surface area contributed by atoms with Crippen molar-refractivity contribution >= 4 is 18.1 Å². The number of nitrogens with one attached hydrogen (secondary N) is 1. The molecule has 0 aromatic rings. The van der Waals surface area contributed by atoms with Gasteiger partial charge in [0.25, 0.3) is 0 Å². The molecule has 0 aliphatic carbocycles. The largest absolute Gasteiger partial charge is 0.364 e. The van der Waals surface area contributed by atoms with Crippen LogP contribution in [0.15, 0.2) is 16.5 Å². The van der Waals surface area contributed by atoms with Crippen LogP contribution >= 0.6 is 11.8 Å². The SMILES string of the molecule is C1=CC2CN=CNC2S1. The summed E-state index contributed by atoms with van der Waals surface area (Å²) in [5.74, 6) is 0.639. The fourth-order valence-corrected chi connectivity index (χ4v) is 2.03. The van der Waals surface area contributed by atoms with Gasteiger partial charge in [-0.1, -0.05) is 6.08 Å². The normalized spacial score (nSPS) is 38.2. The van der Waals surface area contributed by atoms with Crippen molar-refractivity contribution in [1.82, 2.24) is 5.32 Å². The van der Waals surface area contributed by atoms with Crippen molar-refractivity contribution in [1.29, 1.82) is 0 Å². The van der Waals surface area contributed by atoms with E-state index in [1.54, 1.807) is 6.34 Å². The van der Waals surface area contributed by atoms with Crippen molar-refractivity contribution in [3.8, 4) is 0 Å². The van der Waals surface area contributed by atoms with Crippen molar-refractivity contribution < 1.29 is 0 Å². The van der Waals surface area contributed by atoms with Crippen molar-refractivity contribution in [2.45, 2.75) is 5.37 Å². The van der Waals surface area contributed by atoms with Crippen LogP contribution in [-0.2, 0) is 0 Å². The molecule has 0 bridgehead atoms. The zero-order valence-corrected chi connectivity index (χ0v) is 5.77. The fraction of sp³-hybridized carbons (Fsp3) is 0.500. The first-order chi connectivity index (χ1) is 4.47. The van der Waals surface area contributed by atoms with E-state index < -0.39 is 0 Å². The van der Waals surface area contributed by atoms with Crippen molar-refractivity contribution in [3.05, 3.63) is 11.5 Å². The molecule has 0 fully saturated rings. The van der Waals surface area contributed by atoms with Gasteiger partial charge in [0.05, 0.1) is 11.7 Å². The molecular formula is C6H8N2S. The lowest BCUT2D eigenvalue weighted by molar-refractivity contribution is 0.587. The Morgan fingerprint density at radius 2 is 2.67 bits per heavy atom. The van der Waals surface area contributed by atoms with E-state index in [1.807, 2.05) is 11.8 Å². The Labute approximate surface area is 58.4 Å². The summed E-state index contributed by atoms with van der Waals surface area (Å²) >= 11 is 1.84. The van der Waals surface area contributed by atoms with Crippen LogP contribution in [-0.4, -0.2) is 18.3 Å². The molecule has 0 aromatic carbocycles. The van der Waals surface area contributed by atoms with E-state index in [1.165, 1.54) is 0 Å². The molecule has 1 N–H and O–H groups in total. The standard InChI is InChI=1S/C6H8N2S/c1-2-9-6-5(1)3-7-4-8-6/h1-2,4-6H,3H2,(H,7,8). The average molecular weight is 140 g/mol. The molecule has 2 aliphatic heterocycles. The van der Waals surface area contributed by atoms with Gasteiger partial charge in [-0.15, -0.1) is 11.8 Å². The Morgan fingerprint density at radius 3 is 3.56 bits per heavy atom. The summed E-state index contributed by atoms with van der Waals surface area (Å²) in [6.45, 7) is 0.959. The van der Waals surface area contributed by atoms with E-state index in [0.717, 1.165) is 6.54 Å². The number of hydrogen-bond donors (Lipinski definition) is 1. The second-order valence-electron chi connectivity index (χ2n) is 2.21. The van der Waals surface area contributed by atoms with Gasteiger partial charge in [-0.25, -0.2) is 0 Å². The van der Waals surface area contributed by atoms with E-state index in [-0.39, 0.29) is 0 Å². The highest BCUT2D eigenvalue weighted by Crippen LogP contribution is 2.28. The second-order valence-corrected chi connectivity index (χ2v) is 3.26. The summed E-state index contributed by atoms with van der Waals surface area (Å²) in [4.78, 5) is 4.12. The maximum atomic E-state index is 4.12. The first kappa shape index (κ1) is 5.35. The summed E-state index contributed by atoms with van der Waals surface area (Å²) < 4.78 is 0. The Hall–Kier alpha value is -0.440. The van der Waals surface area contributed by atoms with Gasteiger partial charge in [-0.2, -0.15) is 0 Å². The molecule has 2 atom stereocenters. The van der Waals surface area contributed by atoms with Crippen LogP contribution in [0.4, 0.5) is 0 Å². The molecule has 9 heavy (non-hydrogen) atoms. The Morgan fingerprint density at radius 1 is 1.67 bits per heavy atom. The third kappa shape index (κ3) is 0.852. The molecule has 0 radical (unpaired) electrons. The number of hydrogen-bond acceptors (Lipinski definition) is 3. The van der Waals surface area contributed by atoms with Crippen molar-refractivity contribution in [2.75, 3.05) is 6.54 Å². The maximum Gasteiger partial charge on any atom is 0.0851 e. The van der Waals surface area contributed by atoms with Crippen LogP contribution in [0.3, 0.4) is 0 Å². The van der Waals surface area contributed by atoms with Gasteiger partial charge in [0.15, 0.2) is 0 Å². The molecule has 2 heterocycles. The monoisotopic (exact) mass is 140 g/mol. The molecular weight excluding hydrogens is 132 g/mol. The molecule has 0 spiro atoms. The molecule has 0 saturated carbocycles.